The van der Waals surface area contributed by atoms with Crippen molar-refractivity contribution >= 4 is 11.9 Å². The van der Waals surface area contributed by atoms with E-state index in [9.17, 15) is 4.79 Å². The number of allylic oxidation sites excluding steroid dienone is 1. The number of ether oxygens (including phenoxy) is 3. The summed E-state index contributed by atoms with van der Waals surface area (Å²) in [5, 5.41) is 0. The van der Waals surface area contributed by atoms with E-state index < -0.39 is 0 Å². The SMILES string of the molecule is COc1ccccc1CCN1COc2c(cc3c(c2C)O/C(=C\c2ccc(C(C)C)cc2)C3=O)C1. The Morgan fingerprint density at radius 3 is 2.60 bits per heavy atom. The van der Waals surface area contributed by atoms with Crippen molar-refractivity contribution in [3.63, 3.8) is 0 Å². The molecule has 2 aliphatic heterocycles. The minimum absolute atomic E-state index is 0.0787. The maximum atomic E-state index is 13.2. The van der Waals surface area contributed by atoms with E-state index in [1.54, 1.807) is 7.11 Å². The Hall–Kier alpha value is -3.57. The molecule has 0 atom stereocenters. The molecule has 3 aromatic carbocycles. The normalized spacial score (nSPS) is 16.1. The fourth-order valence-corrected chi connectivity index (χ4v) is 4.76. The largest absolute Gasteiger partial charge is 0.496 e. The summed E-state index contributed by atoms with van der Waals surface area (Å²) in [6.45, 7) is 8.36. The molecule has 35 heavy (non-hydrogen) atoms. The minimum atomic E-state index is -0.0787. The molecule has 180 valence electrons. The highest BCUT2D eigenvalue weighted by Gasteiger charge is 2.33. The lowest BCUT2D eigenvalue weighted by Crippen LogP contribution is -2.34. The quantitative estimate of drug-likeness (QED) is 0.406. The number of ketones is 1. The van der Waals surface area contributed by atoms with Crippen molar-refractivity contribution in [2.24, 2.45) is 0 Å². The average molecular weight is 470 g/mol. The summed E-state index contributed by atoms with van der Waals surface area (Å²) < 4.78 is 17.7. The molecule has 0 unspecified atom stereocenters. The van der Waals surface area contributed by atoms with Crippen LogP contribution in [0.15, 0.2) is 60.4 Å². The Balaban J connectivity index is 1.34. The number of benzene rings is 3. The molecule has 2 heterocycles. The molecule has 3 aromatic rings. The Morgan fingerprint density at radius 2 is 1.86 bits per heavy atom. The van der Waals surface area contributed by atoms with Crippen molar-refractivity contribution in [1.29, 1.82) is 0 Å². The van der Waals surface area contributed by atoms with Gasteiger partial charge in [0.05, 0.1) is 12.7 Å². The summed E-state index contributed by atoms with van der Waals surface area (Å²) >= 11 is 0. The van der Waals surface area contributed by atoms with Crippen LogP contribution in [0.4, 0.5) is 0 Å². The number of hydrogen-bond donors (Lipinski definition) is 0. The molecule has 5 rings (SSSR count). The van der Waals surface area contributed by atoms with Crippen molar-refractivity contribution < 1.29 is 19.0 Å². The number of carbonyl (C=O) groups is 1. The minimum Gasteiger partial charge on any atom is -0.496 e. The zero-order chi connectivity index (χ0) is 24.5. The van der Waals surface area contributed by atoms with E-state index in [-0.39, 0.29) is 5.78 Å². The van der Waals surface area contributed by atoms with Gasteiger partial charge in [-0.1, -0.05) is 56.3 Å². The van der Waals surface area contributed by atoms with Crippen molar-refractivity contribution in [3.05, 3.63) is 93.7 Å². The molecule has 0 bridgehead atoms. The summed E-state index contributed by atoms with van der Waals surface area (Å²) in [6.07, 6.45) is 2.68. The van der Waals surface area contributed by atoms with E-state index in [0.717, 1.165) is 47.7 Å². The first-order valence-electron chi connectivity index (χ1n) is 12.1. The van der Waals surface area contributed by atoms with E-state index in [1.807, 2.05) is 49.4 Å². The van der Waals surface area contributed by atoms with Crippen molar-refractivity contribution in [3.8, 4) is 17.2 Å². The van der Waals surface area contributed by atoms with Gasteiger partial charge in [-0.15, -0.1) is 0 Å². The lowest BCUT2D eigenvalue weighted by molar-refractivity contribution is 0.0952. The van der Waals surface area contributed by atoms with E-state index in [1.165, 1.54) is 11.1 Å². The smallest absolute Gasteiger partial charge is 0.231 e. The highest BCUT2D eigenvalue weighted by molar-refractivity contribution is 6.15. The summed E-state index contributed by atoms with van der Waals surface area (Å²) in [7, 11) is 1.70. The van der Waals surface area contributed by atoms with Gasteiger partial charge in [-0.2, -0.15) is 0 Å². The van der Waals surface area contributed by atoms with Crippen LogP contribution in [0.2, 0.25) is 0 Å². The number of nitrogens with zero attached hydrogens (tertiary/aromatic N) is 1. The zero-order valence-electron chi connectivity index (χ0n) is 20.8. The fourth-order valence-electron chi connectivity index (χ4n) is 4.76. The Morgan fingerprint density at radius 1 is 1.09 bits per heavy atom. The van der Waals surface area contributed by atoms with Gasteiger partial charge < -0.3 is 14.2 Å². The van der Waals surface area contributed by atoms with Gasteiger partial charge in [0.15, 0.2) is 5.76 Å². The summed E-state index contributed by atoms with van der Waals surface area (Å²) in [5.74, 6) is 3.09. The molecule has 5 heteroatoms. The van der Waals surface area contributed by atoms with Crippen molar-refractivity contribution in [1.82, 2.24) is 4.90 Å². The Kier molecular flexibility index (Phi) is 6.35. The van der Waals surface area contributed by atoms with Gasteiger partial charge >= 0.3 is 0 Å². The average Bonchev–Trinajstić information content (AvgIpc) is 3.18. The van der Waals surface area contributed by atoms with Gasteiger partial charge in [0.1, 0.15) is 24.0 Å². The van der Waals surface area contributed by atoms with Crippen LogP contribution in [0.1, 0.15) is 57.9 Å². The molecule has 0 aromatic heterocycles. The lowest BCUT2D eigenvalue weighted by Gasteiger charge is -2.30. The van der Waals surface area contributed by atoms with Crippen molar-refractivity contribution in [2.45, 2.75) is 39.7 Å². The van der Waals surface area contributed by atoms with Gasteiger partial charge in [0, 0.05) is 24.2 Å². The fraction of sp³-hybridized carbons (Fsp3) is 0.300. The molecular weight excluding hydrogens is 438 g/mol. The first kappa shape index (κ1) is 23.2. The number of Topliss-reactive ketones (excluding diaryl/α,β-unsaturated/α-hetero) is 1. The molecule has 2 aliphatic rings. The summed E-state index contributed by atoms with van der Waals surface area (Å²) in [6, 6.07) is 18.3. The summed E-state index contributed by atoms with van der Waals surface area (Å²) in [4.78, 5) is 15.5. The summed E-state index contributed by atoms with van der Waals surface area (Å²) in [5.41, 5.74) is 5.91. The second kappa shape index (κ2) is 9.59. The molecule has 5 nitrogen and oxygen atoms in total. The zero-order valence-corrected chi connectivity index (χ0v) is 20.8. The monoisotopic (exact) mass is 469 g/mol. The maximum absolute atomic E-state index is 13.2. The van der Waals surface area contributed by atoms with Crippen LogP contribution in [0.5, 0.6) is 17.2 Å². The van der Waals surface area contributed by atoms with Crippen LogP contribution in [-0.2, 0) is 13.0 Å². The van der Waals surface area contributed by atoms with Gasteiger partial charge in [-0.25, -0.2) is 0 Å². The van der Waals surface area contributed by atoms with Gasteiger partial charge in [0.2, 0.25) is 5.78 Å². The Bertz CT molecular complexity index is 1290. The number of para-hydroxylation sites is 1. The number of methoxy groups -OCH3 is 1. The molecule has 0 spiro atoms. The topological polar surface area (TPSA) is 48.0 Å². The van der Waals surface area contributed by atoms with Gasteiger partial charge in [-0.3, -0.25) is 9.69 Å². The maximum Gasteiger partial charge on any atom is 0.231 e. The highest BCUT2D eigenvalue weighted by atomic mass is 16.5. The molecule has 0 amide bonds. The predicted molar refractivity (Wildman–Crippen MR) is 137 cm³/mol. The molecule has 0 radical (unpaired) electrons. The van der Waals surface area contributed by atoms with Crippen LogP contribution in [0.3, 0.4) is 0 Å². The second-order valence-electron chi connectivity index (χ2n) is 9.52. The van der Waals surface area contributed by atoms with E-state index >= 15 is 0 Å². The third-order valence-electron chi connectivity index (χ3n) is 6.79. The molecular formula is C30H31NO4. The first-order chi connectivity index (χ1) is 16.9. The highest BCUT2D eigenvalue weighted by Crippen LogP contribution is 2.43. The molecule has 0 saturated heterocycles. The van der Waals surface area contributed by atoms with E-state index in [2.05, 4.69) is 36.9 Å². The predicted octanol–water partition coefficient (Wildman–Crippen LogP) is 6.14. The van der Waals surface area contributed by atoms with Crippen LogP contribution in [0.25, 0.3) is 6.08 Å². The molecule has 0 aliphatic carbocycles. The first-order valence-corrected chi connectivity index (χ1v) is 12.1. The number of rotatable bonds is 6. The lowest BCUT2D eigenvalue weighted by atomic mass is 9.99. The molecule has 0 saturated carbocycles. The molecule has 0 fully saturated rings. The van der Waals surface area contributed by atoms with Crippen LogP contribution in [0, 0.1) is 6.92 Å². The van der Waals surface area contributed by atoms with Crippen molar-refractivity contribution in [2.75, 3.05) is 20.4 Å². The third kappa shape index (κ3) is 4.56. The molecule has 0 N–H and O–H groups in total. The second-order valence-corrected chi connectivity index (χ2v) is 9.52. The van der Waals surface area contributed by atoms with Crippen LogP contribution < -0.4 is 14.2 Å². The van der Waals surface area contributed by atoms with E-state index in [4.69, 9.17) is 14.2 Å². The standard InChI is InChI=1S/C30H31NO4/c1-19(2)22-11-9-21(10-12-22)15-27-28(32)25-16-24-17-31(18-34-29(24)20(3)30(25)35-27)14-13-23-7-5-6-8-26(23)33-4/h5-12,15-16,19H,13-14,17-18H2,1-4H3/b27-15-. The number of fused-ring (bicyclic) bond motifs is 2. The number of carbonyl (C=O) groups excluding carboxylic acids is 1. The number of hydrogen-bond acceptors (Lipinski definition) is 5. The van der Waals surface area contributed by atoms with Gasteiger partial charge in [-0.05, 0) is 54.2 Å². The third-order valence-corrected chi connectivity index (χ3v) is 6.79. The van der Waals surface area contributed by atoms with E-state index in [0.29, 0.717) is 29.7 Å². The van der Waals surface area contributed by atoms with Gasteiger partial charge in [0.25, 0.3) is 0 Å². The van der Waals surface area contributed by atoms with Crippen LogP contribution >= 0.6 is 0 Å². The Labute approximate surface area is 206 Å². The van der Waals surface area contributed by atoms with Crippen LogP contribution in [-0.4, -0.2) is 31.1 Å².